The minimum absolute atomic E-state index is 0.0618. The van der Waals surface area contributed by atoms with Crippen molar-refractivity contribution in [1.82, 2.24) is 0 Å². The summed E-state index contributed by atoms with van der Waals surface area (Å²) in [6.07, 6.45) is 0.469. The quantitative estimate of drug-likeness (QED) is 0.793. The van der Waals surface area contributed by atoms with Crippen LogP contribution in [-0.4, -0.2) is 36.1 Å². The van der Waals surface area contributed by atoms with E-state index in [0.717, 1.165) is 5.56 Å². The van der Waals surface area contributed by atoms with E-state index in [1.165, 1.54) is 0 Å². The first-order valence-electron chi connectivity index (χ1n) is 6.01. The van der Waals surface area contributed by atoms with Gasteiger partial charge in [-0.1, -0.05) is 18.2 Å². The fourth-order valence-electron chi connectivity index (χ4n) is 1.75. The molecule has 0 heterocycles. The molecule has 0 aliphatic heterocycles. The molecule has 19 heavy (non-hydrogen) atoms. The Morgan fingerprint density at radius 1 is 1.26 bits per heavy atom. The maximum Gasteiger partial charge on any atom is 0.304 e. The largest absolute Gasteiger partial charge is 0.507 e. The number of benzene rings is 1. The molecule has 1 rings (SSSR count). The number of rotatable bonds is 7. The third-order valence-corrected chi connectivity index (χ3v) is 4.59. The third kappa shape index (κ3) is 5.30. The van der Waals surface area contributed by atoms with Gasteiger partial charge in [-0.3, -0.25) is 4.79 Å². The second-order valence-electron chi connectivity index (χ2n) is 4.48. The van der Waals surface area contributed by atoms with E-state index in [-0.39, 0.29) is 23.7 Å². The zero-order chi connectivity index (χ0) is 14.5. The summed E-state index contributed by atoms with van der Waals surface area (Å²) in [7, 11) is -3.33. The van der Waals surface area contributed by atoms with Crippen LogP contribution in [0.5, 0.6) is 5.75 Å². The van der Waals surface area contributed by atoms with E-state index < -0.39 is 15.8 Å². The minimum Gasteiger partial charge on any atom is -0.507 e. The number of hydrogen-bond donors (Lipinski definition) is 2. The highest BCUT2D eigenvalue weighted by atomic mass is 32.2. The highest BCUT2D eigenvalue weighted by Crippen LogP contribution is 2.22. The average molecular weight is 286 g/mol. The Bertz CT molecular complexity index is 548. The lowest BCUT2D eigenvalue weighted by Crippen LogP contribution is -2.14. The normalized spacial score (nSPS) is 11.4. The number of carboxylic acid groups (broad SMARTS) is 1. The molecule has 0 saturated heterocycles. The van der Waals surface area contributed by atoms with Crippen LogP contribution in [-0.2, 0) is 21.1 Å². The van der Waals surface area contributed by atoms with Crippen LogP contribution in [0.15, 0.2) is 18.2 Å². The topological polar surface area (TPSA) is 91.7 Å². The number of aryl methyl sites for hydroxylation is 2. The van der Waals surface area contributed by atoms with Gasteiger partial charge in [-0.25, -0.2) is 8.42 Å². The van der Waals surface area contributed by atoms with Gasteiger partial charge in [-0.15, -0.1) is 0 Å². The molecule has 0 spiro atoms. The molecule has 0 radical (unpaired) electrons. The number of sulfone groups is 1. The molecule has 0 amide bonds. The summed E-state index contributed by atoms with van der Waals surface area (Å²) in [5, 5.41) is 18.2. The number of aliphatic carboxylic acids is 1. The van der Waals surface area contributed by atoms with Crippen molar-refractivity contribution in [2.45, 2.75) is 26.2 Å². The van der Waals surface area contributed by atoms with E-state index in [0.29, 0.717) is 18.4 Å². The summed E-state index contributed by atoms with van der Waals surface area (Å²) in [4.78, 5) is 10.3. The lowest BCUT2D eigenvalue weighted by Gasteiger charge is -2.07. The second-order valence-corrected chi connectivity index (χ2v) is 6.79. The molecule has 0 atom stereocenters. The van der Waals surface area contributed by atoms with Crippen LogP contribution >= 0.6 is 0 Å². The number of aromatic hydroxyl groups is 1. The first-order valence-corrected chi connectivity index (χ1v) is 7.83. The monoisotopic (exact) mass is 286 g/mol. The molecule has 0 fully saturated rings. The van der Waals surface area contributed by atoms with Crippen LogP contribution in [0.25, 0.3) is 0 Å². The first-order chi connectivity index (χ1) is 8.82. The van der Waals surface area contributed by atoms with Gasteiger partial charge in [0.05, 0.1) is 17.9 Å². The number of hydrogen-bond acceptors (Lipinski definition) is 4. The van der Waals surface area contributed by atoms with E-state index >= 15 is 0 Å². The average Bonchev–Trinajstić information content (AvgIpc) is 2.32. The predicted octanol–water partition coefficient (Wildman–Crippen LogP) is 1.52. The highest BCUT2D eigenvalue weighted by molar-refractivity contribution is 7.91. The van der Waals surface area contributed by atoms with Crippen molar-refractivity contribution in [1.29, 1.82) is 0 Å². The summed E-state index contributed by atoms with van der Waals surface area (Å²) in [6, 6.07) is 5.35. The summed E-state index contributed by atoms with van der Waals surface area (Å²) >= 11 is 0. The fraction of sp³-hybridized carbons (Fsp3) is 0.462. The van der Waals surface area contributed by atoms with Crippen LogP contribution in [0, 0.1) is 6.92 Å². The van der Waals surface area contributed by atoms with E-state index in [1.807, 2.05) is 6.07 Å². The SMILES string of the molecule is Cc1cccc(CCCS(=O)(=O)CCC(=O)O)c1O. The third-order valence-electron chi connectivity index (χ3n) is 2.85. The Balaban J connectivity index is 2.50. The maximum absolute atomic E-state index is 11.6. The lowest BCUT2D eigenvalue weighted by atomic mass is 10.1. The molecule has 0 aromatic heterocycles. The van der Waals surface area contributed by atoms with Gasteiger partial charge in [0.2, 0.25) is 0 Å². The van der Waals surface area contributed by atoms with Gasteiger partial charge < -0.3 is 10.2 Å². The number of para-hydroxylation sites is 1. The Morgan fingerprint density at radius 3 is 2.58 bits per heavy atom. The van der Waals surface area contributed by atoms with E-state index in [2.05, 4.69) is 0 Å². The second kappa shape index (κ2) is 6.56. The van der Waals surface area contributed by atoms with E-state index in [9.17, 15) is 18.3 Å². The molecule has 1 aromatic rings. The zero-order valence-electron chi connectivity index (χ0n) is 10.8. The molecular weight excluding hydrogens is 268 g/mol. The number of phenols is 1. The lowest BCUT2D eigenvalue weighted by molar-refractivity contribution is -0.136. The zero-order valence-corrected chi connectivity index (χ0v) is 11.6. The number of carboxylic acids is 1. The summed E-state index contributed by atoms with van der Waals surface area (Å²) in [6.45, 7) is 1.78. The number of carbonyl (C=O) groups is 1. The van der Waals surface area contributed by atoms with Gasteiger partial charge in [0, 0.05) is 0 Å². The number of phenolic OH excluding ortho intramolecular Hbond substituents is 1. The molecule has 0 unspecified atom stereocenters. The van der Waals surface area contributed by atoms with Crippen molar-refractivity contribution in [3.05, 3.63) is 29.3 Å². The molecule has 0 aliphatic rings. The Kier molecular flexibility index (Phi) is 5.35. The van der Waals surface area contributed by atoms with Crippen molar-refractivity contribution in [3.8, 4) is 5.75 Å². The standard InChI is InChI=1S/C13H18O5S/c1-10-4-2-5-11(13(10)16)6-3-8-19(17,18)9-7-12(14)15/h2,4-5,16H,3,6-9H2,1H3,(H,14,15). The first kappa shape index (κ1) is 15.5. The molecule has 106 valence electrons. The molecular formula is C13H18O5S. The Labute approximate surface area is 112 Å². The molecule has 5 nitrogen and oxygen atoms in total. The summed E-state index contributed by atoms with van der Waals surface area (Å²) < 4.78 is 23.1. The van der Waals surface area contributed by atoms with Gasteiger partial charge in [0.25, 0.3) is 0 Å². The predicted molar refractivity (Wildman–Crippen MR) is 72.1 cm³/mol. The smallest absolute Gasteiger partial charge is 0.304 e. The van der Waals surface area contributed by atoms with Crippen molar-refractivity contribution < 1.29 is 23.4 Å². The van der Waals surface area contributed by atoms with Gasteiger partial charge in [0.15, 0.2) is 9.84 Å². The highest BCUT2D eigenvalue weighted by Gasteiger charge is 2.13. The summed E-state index contributed by atoms with van der Waals surface area (Å²) in [5.41, 5.74) is 1.47. The molecule has 0 saturated carbocycles. The van der Waals surface area contributed by atoms with Crippen molar-refractivity contribution in [2.75, 3.05) is 11.5 Å². The van der Waals surface area contributed by atoms with Crippen LogP contribution in [0.3, 0.4) is 0 Å². The van der Waals surface area contributed by atoms with Crippen LogP contribution in [0.1, 0.15) is 24.0 Å². The Hall–Kier alpha value is -1.56. The molecule has 0 aliphatic carbocycles. The Morgan fingerprint density at radius 2 is 1.95 bits per heavy atom. The molecule has 0 bridgehead atoms. The van der Waals surface area contributed by atoms with E-state index in [1.54, 1.807) is 19.1 Å². The van der Waals surface area contributed by atoms with Crippen LogP contribution < -0.4 is 0 Å². The van der Waals surface area contributed by atoms with Gasteiger partial charge in [-0.05, 0) is 30.9 Å². The van der Waals surface area contributed by atoms with Gasteiger partial charge in [0.1, 0.15) is 5.75 Å². The summed E-state index contributed by atoms with van der Waals surface area (Å²) in [5.74, 6) is -1.30. The van der Waals surface area contributed by atoms with Crippen LogP contribution in [0.2, 0.25) is 0 Å². The van der Waals surface area contributed by atoms with Gasteiger partial charge >= 0.3 is 5.97 Å². The van der Waals surface area contributed by atoms with Crippen molar-refractivity contribution >= 4 is 15.8 Å². The minimum atomic E-state index is -3.33. The fourth-order valence-corrected chi connectivity index (χ4v) is 3.02. The maximum atomic E-state index is 11.6. The van der Waals surface area contributed by atoms with Crippen molar-refractivity contribution in [2.24, 2.45) is 0 Å². The molecule has 6 heteroatoms. The van der Waals surface area contributed by atoms with Crippen LogP contribution in [0.4, 0.5) is 0 Å². The molecule has 1 aromatic carbocycles. The van der Waals surface area contributed by atoms with Gasteiger partial charge in [-0.2, -0.15) is 0 Å². The van der Waals surface area contributed by atoms with Crippen molar-refractivity contribution in [3.63, 3.8) is 0 Å². The van der Waals surface area contributed by atoms with E-state index in [4.69, 9.17) is 5.11 Å². The molecule has 2 N–H and O–H groups in total.